The maximum Gasteiger partial charge on any atom is 0.255 e. The number of fused-ring (bicyclic) bond motifs is 1. The van der Waals surface area contributed by atoms with E-state index in [4.69, 9.17) is 18.6 Å². The molecule has 0 fully saturated rings. The van der Waals surface area contributed by atoms with Gasteiger partial charge in [0.05, 0.1) is 25.3 Å². The molecule has 6 nitrogen and oxygen atoms in total. The molecule has 1 N–H and O–H groups in total. The molecule has 6 heteroatoms. The Morgan fingerprint density at radius 2 is 1.89 bits per heavy atom. The Labute approximate surface area is 164 Å². The van der Waals surface area contributed by atoms with Gasteiger partial charge in [-0.05, 0) is 38.1 Å². The minimum absolute atomic E-state index is 0.230. The van der Waals surface area contributed by atoms with Crippen LogP contribution < -0.4 is 14.8 Å². The van der Waals surface area contributed by atoms with Gasteiger partial charge < -0.3 is 23.9 Å². The van der Waals surface area contributed by atoms with Crippen molar-refractivity contribution < 1.29 is 23.4 Å². The first kappa shape index (κ1) is 19.8. The quantitative estimate of drug-likeness (QED) is 0.557. The molecule has 0 spiro atoms. The van der Waals surface area contributed by atoms with Gasteiger partial charge >= 0.3 is 0 Å². The highest BCUT2D eigenvalue weighted by atomic mass is 16.5. The van der Waals surface area contributed by atoms with E-state index in [0.29, 0.717) is 48.2 Å². The zero-order valence-electron chi connectivity index (χ0n) is 16.4. The third-order valence-corrected chi connectivity index (χ3v) is 4.34. The third-order valence-electron chi connectivity index (χ3n) is 4.34. The van der Waals surface area contributed by atoms with Crippen LogP contribution in [0.1, 0.15) is 36.0 Å². The van der Waals surface area contributed by atoms with Crippen LogP contribution in [-0.2, 0) is 4.74 Å². The molecule has 1 heterocycles. The lowest BCUT2D eigenvalue weighted by molar-refractivity contribution is 0.0919. The fourth-order valence-electron chi connectivity index (χ4n) is 2.91. The van der Waals surface area contributed by atoms with Gasteiger partial charge in [0.15, 0.2) is 11.3 Å². The molecule has 3 aromatic rings. The number of amides is 1. The van der Waals surface area contributed by atoms with E-state index in [1.807, 2.05) is 44.2 Å². The van der Waals surface area contributed by atoms with E-state index in [0.717, 1.165) is 5.39 Å². The molecule has 0 bridgehead atoms. The van der Waals surface area contributed by atoms with Gasteiger partial charge in [-0.3, -0.25) is 4.79 Å². The van der Waals surface area contributed by atoms with Crippen LogP contribution in [0, 0.1) is 0 Å². The molecule has 1 atom stereocenters. The molecule has 1 unspecified atom stereocenters. The first-order chi connectivity index (χ1) is 13.6. The predicted octanol–water partition coefficient (Wildman–Crippen LogP) is 4.35. The van der Waals surface area contributed by atoms with Crippen molar-refractivity contribution in [3.05, 3.63) is 59.9 Å². The summed E-state index contributed by atoms with van der Waals surface area (Å²) in [7, 11) is 1.60. The van der Waals surface area contributed by atoms with E-state index < -0.39 is 0 Å². The summed E-state index contributed by atoms with van der Waals surface area (Å²) in [6.07, 6.45) is 0. The van der Waals surface area contributed by atoms with Gasteiger partial charge in [0, 0.05) is 12.0 Å². The van der Waals surface area contributed by atoms with Crippen LogP contribution >= 0.6 is 0 Å². The van der Waals surface area contributed by atoms with E-state index in [-0.39, 0.29) is 11.9 Å². The van der Waals surface area contributed by atoms with Gasteiger partial charge in [0.1, 0.15) is 18.1 Å². The Morgan fingerprint density at radius 1 is 1.11 bits per heavy atom. The van der Waals surface area contributed by atoms with Crippen LogP contribution in [-0.4, -0.2) is 32.8 Å². The third kappa shape index (κ3) is 4.46. The highest BCUT2D eigenvalue weighted by Gasteiger charge is 2.19. The monoisotopic (exact) mass is 383 g/mol. The van der Waals surface area contributed by atoms with E-state index in [1.165, 1.54) is 0 Å². The Kier molecular flexibility index (Phi) is 6.55. The average Bonchev–Trinajstić information content (AvgIpc) is 3.16. The largest absolute Gasteiger partial charge is 0.493 e. The number of hydrogen-bond acceptors (Lipinski definition) is 5. The molecule has 0 radical (unpaired) electrons. The summed E-state index contributed by atoms with van der Waals surface area (Å²) in [5.41, 5.74) is 1.14. The highest BCUT2D eigenvalue weighted by Crippen LogP contribution is 2.31. The van der Waals surface area contributed by atoms with Crippen molar-refractivity contribution in [2.75, 3.05) is 26.9 Å². The minimum atomic E-state index is -0.318. The lowest BCUT2D eigenvalue weighted by Crippen LogP contribution is -2.27. The maximum atomic E-state index is 12.8. The molecule has 3 rings (SSSR count). The molecule has 2 aromatic carbocycles. The molecule has 0 aliphatic carbocycles. The van der Waals surface area contributed by atoms with Crippen molar-refractivity contribution >= 4 is 16.9 Å². The van der Waals surface area contributed by atoms with Gasteiger partial charge in [0.2, 0.25) is 0 Å². The molecule has 148 valence electrons. The summed E-state index contributed by atoms with van der Waals surface area (Å²) in [6.45, 7) is 5.29. The Bertz CT molecular complexity index is 934. The number of carbonyl (C=O) groups excluding carboxylic acids is 1. The van der Waals surface area contributed by atoms with Gasteiger partial charge in [-0.2, -0.15) is 0 Å². The predicted molar refractivity (Wildman–Crippen MR) is 107 cm³/mol. The molecular weight excluding hydrogens is 358 g/mol. The normalized spacial score (nSPS) is 12.0. The molecule has 1 aromatic heterocycles. The van der Waals surface area contributed by atoms with Crippen molar-refractivity contribution in [3.8, 4) is 11.5 Å². The van der Waals surface area contributed by atoms with Crippen LogP contribution in [0.5, 0.6) is 11.5 Å². The Morgan fingerprint density at radius 3 is 2.68 bits per heavy atom. The molecule has 0 saturated carbocycles. The smallest absolute Gasteiger partial charge is 0.255 e. The summed E-state index contributed by atoms with van der Waals surface area (Å²) >= 11 is 0. The van der Waals surface area contributed by atoms with Gasteiger partial charge in [0.25, 0.3) is 5.91 Å². The van der Waals surface area contributed by atoms with Gasteiger partial charge in [-0.25, -0.2) is 0 Å². The average molecular weight is 383 g/mol. The summed E-state index contributed by atoms with van der Waals surface area (Å²) in [5.74, 6) is 1.61. The first-order valence-electron chi connectivity index (χ1n) is 9.31. The van der Waals surface area contributed by atoms with E-state index >= 15 is 0 Å². The summed E-state index contributed by atoms with van der Waals surface area (Å²) in [5, 5.41) is 3.89. The maximum absolute atomic E-state index is 12.8. The molecule has 28 heavy (non-hydrogen) atoms. The lowest BCUT2D eigenvalue weighted by Gasteiger charge is -2.14. The number of para-hydroxylation sites is 2. The number of ether oxygens (including phenoxy) is 3. The van der Waals surface area contributed by atoms with Crippen LogP contribution in [0.3, 0.4) is 0 Å². The second-order valence-corrected chi connectivity index (χ2v) is 6.26. The Hall–Kier alpha value is -2.99. The number of methoxy groups -OCH3 is 1. The zero-order chi connectivity index (χ0) is 19.9. The fourth-order valence-corrected chi connectivity index (χ4v) is 2.91. The first-order valence-corrected chi connectivity index (χ1v) is 9.31. The molecule has 0 aliphatic rings. The van der Waals surface area contributed by atoms with Crippen LogP contribution in [0.4, 0.5) is 0 Å². The second kappa shape index (κ2) is 9.28. The number of nitrogens with one attached hydrogen (secondary N) is 1. The fraction of sp³-hybridized carbons (Fsp3) is 0.318. The SMILES string of the molecule is CCOCCOc1ccccc1C(=O)NC(C)c1cc2cccc(OC)c2o1. The molecule has 0 saturated heterocycles. The van der Waals surface area contributed by atoms with Crippen molar-refractivity contribution in [3.63, 3.8) is 0 Å². The summed E-state index contributed by atoms with van der Waals surface area (Å²) < 4.78 is 22.2. The van der Waals surface area contributed by atoms with Crippen molar-refractivity contribution in [2.24, 2.45) is 0 Å². The van der Waals surface area contributed by atoms with Gasteiger partial charge in [-0.15, -0.1) is 0 Å². The lowest BCUT2D eigenvalue weighted by atomic mass is 10.1. The number of carbonyl (C=O) groups is 1. The zero-order valence-corrected chi connectivity index (χ0v) is 16.4. The molecular formula is C22H25NO5. The van der Waals surface area contributed by atoms with E-state index in [1.54, 1.807) is 25.3 Å². The Balaban J connectivity index is 1.72. The van der Waals surface area contributed by atoms with Crippen molar-refractivity contribution in [1.29, 1.82) is 0 Å². The van der Waals surface area contributed by atoms with Crippen LogP contribution in [0.25, 0.3) is 11.0 Å². The second-order valence-electron chi connectivity index (χ2n) is 6.26. The van der Waals surface area contributed by atoms with Gasteiger partial charge in [-0.1, -0.05) is 24.3 Å². The number of rotatable bonds is 9. The van der Waals surface area contributed by atoms with E-state index in [2.05, 4.69) is 5.32 Å². The van der Waals surface area contributed by atoms with Crippen molar-refractivity contribution in [2.45, 2.75) is 19.9 Å². The standard InChI is InChI=1S/C22H25NO5/c1-4-26-12-13-27-18-10-6-5-9-17(18)22(24)23-15(2)20-14-16-8-7-11-19(25-3)21(16)28-20/h5-11,14-15H,4,12-13H2,1-3H3,(H,23,24). The highest BCUT2D eigenvalue weighted by molar-refractivity contribution is 5.97. The summed E-state index contributed by atoms with van der Waals surface area (Å²) in [4.78, 5) is 12.8. The van der Waals surface area contributed by atoms with E-state index in [9.17, 15) is 4.79 Å². The summed E-state index contributed by atoms with van der Waals surface area (Å²) in [6, 6.07) is 14.4. The number of benzene rings is 2. The topological polar surface area (TPSA) is 69.9 Å². The van der Waals surface area contributed by atoms with Crippen LogP contribution in [0.2, 0.25) is 0 Å². The minimum Gasteiger partial charge on any atom is -0.493 e. The van der Waals surface area contributed by atoms with Crippen LogP contribution in [0.15, 0.2) is 52.9 Å². The molecule has 1 amide bonds. The van der Waals surface area contributed by atoms with Crippen molar-refractivity contribution in [1.82, 2.24) is 5.32 Å². The number of furan rings is 1. The molecule has 0 aliphatic heterocycles. The number of hydrogen-bond donors (Lipinski definition) is 1.